The van der Waals surface area contributed by atoms with Crippen LogP contribution in [0.15, 0.2) is 18.3 Å². The van der Waals surface area contributed by atoms with Crippen molar-refractivity contribution in [3.8, 4) is 24.1 Å². The fourth-order valence-corrected chi connectivity index (χ4v) is 6.76. The Hall–Kier alpha value is -2.99. The van der Waals surface area contributed by atoms with Gasteiger partial charge in [0.15, 0.2) is 0 Å². The Labute approximate surface area is 254 Å². The fourth-order valence-electron chi connectivity index (χ4n) is 5.61. The minimum Gasteiger partial charge on any atom is -0.481 e. The van der Waals surface area contributed by atoms with E-state index in [1.165, 1.54) is 11.8 Å². The minimum absolute atomic E-state index is 0.0584. The van der Waals surface area contributed by atoms with Crippen LogP contribution in [-0.2, 0) is 16.0 Å². The summed E-state index contributed by atoms with van der Waals surface area (Å²) in [6.45, 7) is 14.2. The summed E-state index contributed by atoms with van der Waals surface area (Å²) < 4.78 is 22.2. The van der Waals surface area contributed by atoms with Crippen molar-refractivity contribution < 1.29 is 24.1 Å². The molecule has 2 N–H and O–H groups in total. The third kappa shape index (κ3) is 8.09. The van der Waals surface area contributed by atoms with Crippen molar-refractivity contribution in [2.24, 2.45) is 5.41 Å². The molecule has 0 bridgehead atoms. The zero-order valence-electron chi connectivity index (χ0n) is 26.6. The SMILES string of the molecule is C#C.C=S(C)N1c2c(C)c(CC(=O)O)c(C3=CCC(C)(C)CC3)c(C)c2-c2ncc(F)cc2[C@@H]1COC.CC(C)(C)O. The molecule has 2 aromatic rings. The van der Waals surface area contributed by atoms with Crippen LogP contribution in [0.1, 0.15) is 87.7 Å². The highest BCUT2D eigenvalue weighted by Crippen LogP contribution is 2.54. The van der Waals surface area contributed by atoms with E-state index in [1.807, 2.05) is 13.2 Å². The van der Waals surface area contributed by atoms with Gasteiger partial charge < -0.3 is 19.3 Å². The van der Waals surface area contributed by atoms with E-state index in [-0.39, 0.29) is 23.7 Å². The number of hydrogen-bond acceptors (Lipinski definition) is 5. The van der Waals surface area contributed by atoms with E-state index in [9.17, 15) is 14.3 Å². The van der Waals surface area contributed by atoms with Crippen LogP contribution in [0.3, 0.4) is 0 Å². The molecule has 2 heterocycles. The standard InChI is InChI=1S/C28H35FN2O3S.C4H10O.C2H2/c1-16-20(13-23(32)33)24(18-8-10-28(3,4)11-9-18)17(2)25-26-21(12-19(29)14-30-26)22(15-34-5)31(27(16)25)35(6)7;1-4(2,3)5;1-2/h8,12,14,22H,6,9-11,13,15H2,1-5,7H3,(H,32,33);5H,1-3H3;1-2H/t22-,35?;;/m0../s1. The molecule has 8 heteroatoms. The van der Waals surface area contributed by atoms with Gasteiger partial charge in [-0.05, 0) is 99.4 Å². The maximum absolute atomic E-state index is 14.4. The second kappa shape index (κ2) is 14.0. The Morgan fingerprint density at radius 2 is 1.86 bits per heavy atom. The van der Waals surface area contributed by atoms with Crippen LogP contribution in [0.25, 0.3) is 16.8 Å². The molecule has 0 spiro atoms. The molecule has 6 nitrogen and oxygen atoms in total. The molecular weight excluding hydrogens is 551 g/mol. The van der Waals surface area contributed by atoms with Gasteiger partial charge in [-0.15, -0.1) is 23.5 Å². The van der Waals surface area contributed by atoms with Gasteiger partial charge in [0.2, 0.25) is 0 Å². The van der Waals surface area contributed by atoms with Gasteiger partial charge in [0.05, 0.1) is 42.2 Å². The van der Waals surface area contributed by atoms with Crippen molar-refractivity contribution in [2.45, 2.75) is 85.8 Å². The van der Waals surface area contributed by atoms with Gasteiger partial charge in [-0.2, -0.15) is 0 Å². The van der Waals surface area contributed by atoms with Crippen LogP contribution in [0.4, 0.5) is 10.1 Å². The number of allylic oxidation sites excluding steroid dienone is 2. The lowest BCUT2D eigenvalue weighted by Gasteiger charge is -2.42. The molecule has 4 rings (SSSR count). The van der Waals surface area contributed by atoms with E-state index >= 15 is 0 Å². The number of carboxylic acids is 1. The number of terminal acetylenes is 1. The first kappa shape index (κ1) is 35.2. The molecular formula is C34H47FN2O4S. The van der Waals surface area contributed by atoms with Gasteiger partial charge in [0.25, 0.3) is 0 Å². The number of anilines is 1. The average Bonchev–Trinajstić information content (AvgIpc) is 2.87. The predicted molar refractivity (Wildman–Crippen MR) is 176 cm³/mol. The number of aliphatic carboxylic acids is 1. The average molecular weight is 599 g/mol. The summed E-state index contributed by atoms with van der Waals surface area (Å²) in [6.07, 6.45) is 16.4. The van der Waals surface area contributed by atoms with E-state index in [0.717, 1.165) is 64.0 Å². The Morgan fingerprint density at radius 1 is 1.26 bits per heavy atom. The number of halogens is 1. The van der Waals surface area contributed by atoms with Gasteiger partial charge in [0, 0.05) is 18.2 Å². The summed E-state index contributed by atoms with van der Waals surface area (Å²) in [7, 11) is 1.15. The smallest absolute Gasteiger partial charge is 0.307 e. The molecule has 1 aliphatic carbocycles. The molecule has 42 heavy (non-hydrogen) atoms. The summed E-state index contributed by atoms with van der Waals surface area (Å²) in [5, 5.41) is 18.4. The van der Waals surface area contributed by atoms with Gasteiger partial charge in [0.1, 0.15) is 5.82 Å². The number of fused-ring (bicyclic) bond motifs is 3. The first-order chi connectivity index (χ1) is 19.5. The second-order valence-electron chi connectivity index (χ2n) is 12.7. The van der Waals surface area contributed by atoms with Crippen molar-refractivity contribution in [1.82, 2.24) is 4.98 Å². The number of hydrogen-bond donors (Lipinski definition) is 2. The molecule has 1 aromatic heterocycles. The van der Waals surface area contributed by atoms with Gasteiger partial charge in [-0.3, -0.25) is 9.78 Å². The summed E-state index contributed by atoms with van der Waals surface area (Å²) in [4.78, 5) is 16.6. The maximum atomic E-state index is 14.4. The van der Waals surface area contributed by atoms with Crippen LogP contribution >= 0.6 is 10.7 Å². The van der Waals surface area contributed by atoms with Crippen LogP contribution in [0.2, 0.25) is 0 Å². The normalized spacial score (nSPS) is 17.8. The Balaban J connectivity index is 0.000000797. The summed E-state index contributed by atoms with van der Waals surface area (Å²) >= 11 is 0. The summed E-state index contributed by atoms with van der Waals surface area (Å²) in [5.74, 6) is 3.09. The summed E-state index contributed by atoms with van der Waals surface area (Å²) in [6, 6.07) is 1.28. The highest BCUT2D eigenvalue weighted by atomic mass is 32.2. The zero-order chi connectivity index (χ0) is 32.2. The largest absolute Gasteiger partial charge is 0.481 e. The fraction of sp³-hybridized carbons (Fsp3) is 0.500. The quantitative estimate of drug-likeness (QED) is 0.265. The number of carboxylic acid groups (broad SMARTS) is 1. The number of methoxy groups -OCH3 is 1. The summed E-state index contributed by atoms with van der Waals surface area (Å²) in [5.41, 5.74) is 8.12. The minimum atomic E-state index is -0.855. The van der Waals surface area contributed by atoms with Gasteiger partial charge in [-0.25, -0.2) is 4.39 Å². The molecule has 0 amide bonds. The number of pyridine rings is 1. The van der Waals surface area contributed by atoms with Crippen LogP contribution < -0.4 is 4.31 Å². The topological polar surface area (TPSA) is 82.9 Å². The lowest BCUT2D eigenvalue weighted by atomic mass is 9.74. The molecule has 1 aliphatic heterocycles. The van der Waals surface area contributed by atoms with Crippen molar-refractivity contribution in [3.05, 3.63) is 52.0 Å². The van der Waals surface area contributed by atoms with Crippen molar-refractivity contribution >= 4 is 33.8 Å². The molecule has 0 radical (unpaired) electrons. The van der Waals surface area contributed by atoms with Crippen LogP contribution in [-0.4, -0.2) is 52.6 Å². The van der Waals surface area contributed by atoms with Crippen molar-refractivity contribution in [3.63, 3.8) is 0 Å². The second-order valence-corrected chi connectivity index (χ2v) is 14.2. The molecule has 2 atom stereocenters. The number of aromatic nitrogens is 1. The van der Waals surface area contributed by atoms with E-state index in [0.29, 0.717) is 6.61 Å². The highest BCUT2D eigenvalue weighted by Gasteiger charge is 2.38. The first-order valence-electron chi connectivity index (χ1n) is 14.0. The van der Waals surface area contributed by atoms with E-state index < -0.39 is 22.2 Å². The van der Waals surface area contributed by atoms with E-state index in [4.69, 9.17) is 9.84 Å². The highest BCUT2D eigenvalue weighted by molar-refractivity contribution is 8.14. The van der Waals surface area contributed by atoms with Gasteiger partial charge >= 0.3 is 5.97 Å². The van der Waals surface area contributed by atoms with E-state index in [1.54, 1.807) is 33.9 Å². The van der Waals surface area contributed by atoms with Crippen molar-refractivity contribution in [1.29, 1.82) is 0 Å². The van der Waals surface area contributed by atoms with E-state index in [2.05, 4.69) is 54.9 Å². The first-order valence-corrected chi connectivity index (χ1v) is 15.8. The third-order valence-corrected chi connectivity index (χ3v) is 8.47. The Morgan fingerprint density at radius 3 is 2.33 bits per heavy atom. The number of carbonyl (C=O) groups is 1. The van der Waals surface area contributed by atoms with Crippen LogP contribution in [0.5, 0.6) is 0 Å². The number of aliphatic hydroxyl groups is 1. The number of rotatable bonds is 6. The Bertz CT molecular complexity index is 1380. The Kier molecular flexibility index (Phi) is 11.7. The molecule has 1 unspecified atom stereocenters. The molecule has 2 aliphatic rings. The lowest BCUT2D eigenvalue weighted by molar-refractivity contribution is -0.136. The number of ether oxygens (including phenoxy) is 1. The van der Waals surface area contributed by atoms with Crippen molar-refractivity contribution in [2.75, 3.05) is 24.3 Å². The monoisotopic (exact) mass is 598 g/mol. The molecule has 0 saturated heterocycles. The molecule has 1 aromatic carbocycles. The molecule has 0 fully saturated rings. The number of nitrogens with zero attached hydrogens (tertiary/aromatic N) is 2. The lowest BCUT2D eigenvalue weighted by Crippen LogP contribution is -2.33. The molecule has 230 valence electrons. The third-order valence-electron chi connectivity index (χ3n) is 7.36. The maximum Gasteiger partial charge on any atom is 0.307 e. The van der Waals surface area contributed by atoms with Gasteiger partial charge in [-0.1, -0.05) is 25.8 Å². The molecule has 0 saturated carbocycles. The van der Waals surface area contributed by atoms with Crippen LogP contribution in [0, 0.1) is 37.9 Å². The number of benzene rings is 1. The predicted octanol–water partition coefficient (Wildman–Crippen LogP) is 7.50. The zero-order valence-corrected chi connectivity index (χ0v) is 27.4.